The van der Waals surface area contributed by atoms with E-state index in [-0.39, 0.29) is 23.5 Å². The summed E-state index contributed by atoms with van der Waals surface area (Å²) in [7, 11) is 1.30. The second kappa shape index (κ2) is 5.47. The zero-order valence-corrected chi connectivity index (χ0v) is 11.4. The highest BCUT2D eigenvalue weighted by atomic mass is 19.1. The molecule has 1 aromatic carbocycles. The zero-order valence-electron chi connectivity index (χ0n) is 11.4. The van der Waals surface area contributed by atoms with Crippen molar-refractivity contribution in [3.8, 4) is 0 Å². The highest BCUT2D eigenvalue weighted by Gasteiger charge is 2.38. The molecule has 0 aliphatic heterocycles. The highest BCUT2D eigenvalue weighted by Crippen LogP contribution is 2.42. The molecule has 0 unspecified atom stereocenters. The number of aromatic nitrogens is 2. The van der Waals surface area contributed by atoms with Gasteiger partial charge in [0.25, 0.3) is 0 Å². The van der Waals surface area contributed by atoms with Crippen LogP contribution in [0.3, 0.4) is 0 Å². The molecule has 6 heteroatoms. The van der Waals surface area contributed by atoms with Gasteiger partial charge in [-0.15, -0.1) is 10.2 Å². The maximum Gasteiger partial charge on any atom is 0.358 e. The second-order valence-corrected chi connectivity index (χ2v) is 4.94. The smallest absolute Gasteiger partial charge is 0.358 e. The van der Waals surface area contributed by atoms with Gasteiger partial charge in [0.1, 0.15) is 11.6 Å². The average Bonchev–Trinajstić information content (AvgIpc) is 3.26. The number of nitrogens with one attached hydrogen (secondary N) is 1. The predicted molar refractivity (Wildman–Crippen MR) is 74.5 cm³/mol. The molecule has 1 aliphatic carbocycles. The third-order valence-electron chi connectivity index (χ3n) is 3.46. The van der Waals surface area contributed by atoms with Gasteiger partial charge >= 0.3 is 5.97 Å². The first-order chi connectivity index (χ1) is 10.2. The molecule has 1 N–H and O–H groups in total. The Hall–Kier alpha value is -2.50. The van der Waals surface area contributed by atoms with E-state index < -0.39 is 5.97 Å². The van der Waals surface area contributed by atoms with Crippen LogP contribution in [0.4, 0.5) is 10.2 Å². The van der Waals surface area contributed by atoms with Gasteiger partial charge in [-0.25, -0.2) is 9.18 Å². The van der Waals surface area contributed by atoms with Gasteiger partial charge in [-0.3, -0.25) is 0 Å². The summed E-state index contributed by atoms with van der Waals surface area (Å²) in [6, 6.07) is 10.1. The molecule has 108 valence electrons. The fourth-order valence-electron chi connectivity index (χ4n) is 2.27. The predicted octanol–water partition coefficient (Wildman–Crippen LogP) is 2.37. The number of benzene rings is 1. The van der Waals surface area contributed by atoms with Gasteiger partial charge in [0.05, 0.1) is 7.11 Å². The van der Waals surface area contributed by atoms with Crippen LogP contribution < -0.4 is 5.32 Å². The van der Waals surface area contributed by atoms with E-state index in [0.717, 1.165) is 12.0 Å². The van der Waals surface area contributed by atoms with E-state index in [1.165, 1.54) is 13.2 Å². The molecule has 2 aromatic rings. The Labute approximate surface area is 121 Å². The number of esters is 1. The summed E-state index contributed by atoms with van der Waals surface area (Å²) in [6.07, 6.45) is 0.921. The monoisotopic (exact) mass is 287 g/mol. The van der Waals surface area contributed by atoms with Crippen molar-refractivity contribution in [1.29, 1.82) is 0 Å². The van der Waals surface area contributed by atoms with Gasteiger partial charge in [0.15, 0.2) is 5.69 Å². The number of nitrogens with zero attached hydrogens (tertiary/aromatic N) is 2. The van der Waals surface area contributed by atoms with E-state index in [9.17, 15) is 9.18 Å². The number of rotatable bonds is 4. The minimum atomic E-state index is -0.516. The van der Waals surface area contributed by atoms with Crippen molar-refractivity contribution in [2.75, 3.05) is 12.4 Å². The molecule has 0 radical (unpaired) electrons. The summed E-state index contributed by atoms with van der Waals surface area (Å²) >= 11 is 0. The number of hydrogen-bond donors (Lipinski definition) is 1. The van der Waals surface area contributed by atoms with Gasteiger partial charge < -0.3 is 10.1 Å². The molecule has 1 saturated carbocycles. The summed E-state index contributed by atoms with van der Waals surface area (Å²) in [6.45, 7) is 0. The maximum absolute atomic E-state index is 13.2. The Balaban J connectivity index is 1.62. The Morgan fingerprint density at radius 1 is 1.33 bits per heavy atom. The number of hydrogen-bond acceptors (Lipinski definition) is 5. The third-order valence-corrected chi connectivity index (χ3v) is 3.46. The lowest BCUT2D eigenvalue weighted by Gasteiger charge is -2.05. The SMILES string of the molecule is COC(=O)c1ccc(N[C@@H]2C[C@H]2c2cccc(F)c2)nn1. The first-order valence-corrected chi connectivity index (χ1v) is 6.61. The zero-order chi connectivity index (χ0) is 14.8. The molecule has 0 bridgehead atoms. The second-order valence-electron chi connectivity index (χ2n) is 4.94. The Kier molecular flexibility index (Phi) is 3.51. The van der Waals surface area contributed by atoms with Crippen LogP contribution >= 0.6 is 0 Å². The van der Waals surface area contributed by atoms with Gasteiger partial charge in [-0.1, -0.05) is 12.1 Å². The van der Waals surface area contributed by atoms with Gasteiger partial charge in [-0.05, 0) is 36.2 Å². The Morgan fingerprint density at radius 3 is 2.86 bits per heavy atom. The molecular weight excluding hydrogens is 273 g/mol. The lowest BCUT2D eigenvalue weighted by Crippen LogP contribution is -2.10. The van der Waals surface area contributed by atoms with Crippen LogP contribution in [0, 0.1) is 5.82 Å². The number of ether oxygens (including phenoxy) is 1. The molecule has 3 rings (SSSR count). The van der Waals surface area contributed by atoms with Crippen molar-refractivity contribution in [3.05, 3.63) is 53.5 Å². The molecule has 1 aromatic heterocycles. The quantitative estimate of drug-likeness (QED) is 0.875. The standard InChI is InChI=1S/C15H14FN3O2/c1-21-15(20)12-5-6-14(19-18-12)17-13-8-11(13)9-3-2-4-10(16)7-9/h2-7,11,13H,8H2,1H3,(H,17,19)/t11-,13+/m0/s1. The number of carbonyl (C=O) groups is 1. The molecule has 0 saturated heterocycles. The van der Waals surface area contributed by atoms with E-state index in [4.69, 9.17) is 0 Å². The van der Waals surface area contributed by atoms with Gasteiger partial charge in [-0.2, -0.15) is 0 Å². The number of halogens is 1. The van der Waals surface area contributed by atoms with E-state index in [2.05, 4.69) is 20.3 Å². The first kappa shape index (κ1) is 13.5. The average molecular weight is 287 g/mol. The molecule has 0 amide bonds. The number of carbonyl (C=O) groups excluding carboxylic acids is 1. The van der Waals surface area contributed by atoms with Crippen LogP contribution in [0.15, 0.2) is 36.4 Å². The van der Waals surface area contributed by atoms with Crippen LogP contribution in [0.25, 0.3) is 0 Å². The summed E-state index contributed by atoms with van der Waals surface area (Å²) < 4.78 is 17.7. The molecule has 1 aliphatic rings. The fraction of sp³-hybridized carbons (Fsp3) is 0.267. The van der Waals surface area contributed by atoms with E-state index in [1.54, 1.807) is 24.3 Å². The molecule has 2 atom stereocenters. The summed E-state index contributed by atoms with van der Waals surface area (Å²) in [5, 5.41) is 11.0. The minimum Gasteiger partial charge on any atom is -0.464 e. The van der Waals surface area contributed by atoms with Crippen LogP contribution in [0.2, 0.25) is 0 Å². The van der Waals surface area contributed by atoms with Crippen molar-refractivity contribution in [3.63, 3.8) is 0 Å². The Bertz CT molecular complexity index is 660. The number of methoxy groups -OCH3 is 1. The highest BCUT2D eigenvalue weighted by molar-refractivity contribution is 5.86. The Morgan fingerprint density at radius 2 is 2.19 bits per heavy atom. The number of anilines is 1. The largest absolute Gasteiger partial charge is 0.464 e. The van der Waals surface area contributed by atoms with Crippen molar-refractivity contribution in [2.24, 2.45) is 0 Å². The lowest BCUT2D eigenvalue weighted by molar-refractivity contribution is 0.0593. The van der Waals surface area contributed by atoms with E-state index in [1.807, 2.05) is 6.07 Å². The maximum atomic E-state index is 13.2. The molecule has 5 nitrogen and oxygen atoms in total. The van der Waals surface area contributed by atoms with E-state index >= 15 is 0 Å². The van der Waals surface area contributed by atoms with Gasteiger partial charge in [0.2, 0.25) is 0 Å². The van der Waals surface area contributed by atoms with Crippen molar-refractivity contribution >= 4 is 11.8 Å². The van der Waals surface area contributed by atoms with Gasteiger partial charge in [0, 0.05) is 12.0 Å². The fourth-order valence-corrected chi connectivity index (χ4v) is 2.27. The van der Waals surface area contributed by atoms with E-state index in [0.29, 0.717) is 5.82 Å². The van der Waals surface area contributed by atoms with Crippen LogP contribution in [0.1, 0.15) is 28.4 Å². The summed E-state index contributed by atoms with van der Waals surface area (Å²) in [4.78, 5) is 11.2. The first-order valence-electron chi connectivity index (χ1n) is 6.61. The summed E-state index contributed by atoms with van der Waals surface area (Å²) in [5.41, 5.74) is 1.15. The molecule has 21 heavy (non-hydrogen) atoms. The topological polar surface area (TPSA) is 64.1 Å². The molecule has 1 heterocycles. The van der Waals surface area contributed by atoms with Crippen molar-refractivity contribution in [2.45, 2.75) is 18.4 Å². The normalized spacial score (nSPS) is 19.9. The van der Waals surface area contributed by atoms with Crippen LogP contribution in [-0.4, -0.2) is 29.3 Å². The summed E-state index contributed by atoms with van der Waals surface area (Å²) in [5.74, 6) is 0.132. The van der Waals surface area contributed by atoms with Crippen LogP contribution in [0.5, 0.6) is 0 Å². The van der Waals surface area contributed by atoms with Crippen LogP contribution in [-0.2, 0) is 4.74 Å². The molecule has 1 fully saturated rings. The molecular formula is C15H14FN3O2. The molecule has 0 spiro atoms. The van der Waals surface area contributed by atoms with Crippen molar-refractivity contribution < 1.29 is 13.9 Å². The van der Waals surface area contributed by atoms with Crippen molar-refractivity contribution in [1.82, 2.24) is 10.2 Å². The minimum absolute atomic E-state index is 0.167. The third kappa shape index (κ3) is 2.99. The lowest BCUT2D eigenvalue weighted by atomic mass is 10.1.